The second-order valence-corrected chi connectivity index (χ2v) is 4.48. The first-order valence-electron chi connectivity index (χ1n) is 6.07. The number of fused-ring (bicyclic) bond motifs is 1. The molecule has 0 aliphatic carbocycles. The Morgan fingerprint density at radius 1 is 1.37 bits per heavy atom. The molecule has 1 aromatic carbocycles. The molecule has 3 aromatic rings. The largest absolute Gasteiger partial charge is 0.368 e. The lowest BCUT2D eigenvalue weighted by molar-refractivity contribution is -0.118. The van der Waals surface area contributed by atoms with Gasteiger partial charge in [0.05, 0.1) is 0 Å². The maximum atomic E-state index is 11.1. The average molecular weight is 254 g/mol. The number of benzene rings is 1. The Kier molecular flexibility index (Phi) is 2.79. The number of carbonyl (C=O) groups is 1. The second-order valence-electron chi connectivity index (χ2n) is 4.48. The summed E-state index contributed by atoms with van der Waals surface area (Å²) in [5.41, 5.74) is 7.43. The summed E-state index contributed by atoms with van der Waals surface area (Å²) < 4.78 is 1.88. The highest BCUT2D eigenvalue weighted by Crippen LogP contribution is 2.22. The van der Waals surface area contributed by atoms with Crippen LogP contribution in [-0.4, -0.2) is 20.4 Å². The molecule has 3 N–H and O–H groups in total. The number of nitrogens with two attached hydrogens (primary N) is 1. The smallest absolute Gasteiger partial charge is 0.237 e. The van der Waals surface area contributed by atoms with Crippen molar-refractivity contribution < 1.29 is 4.79 Å². The summed E-state index contributed by atoms with van der Waals surface area (Å²) in [5.74, 6) is 0.562. The Morgan fingerprint density at radius 2 is 2.21 bits per heavy atom. The minimum Gasteiger partial charge on any atom is -0.368 e. The molecule has 0 saturated heterocycles. The number of amides is 1. The Morgan fingerprint density at radius 3 is 2.95 bits per heavy atom. The number of rotatable bonds is 4. The maximum Gasteiger partial charge on any atom is 0.237 e. The van der Waals surface area contributed by atoms with E-state index in [-0.39, 0.29) is 12.5 Å². The zero-order valence-electron chi connectivity index (χ0n) is 10.3. The number of aromatic amines is 1. The van der Waals surface area contributed by atoms with Gasteiger partial charge >= 0.3 is 0 Å². The van der Waals surface area contributed by atoms with Crippen LogP contribution in [0.4, 0.5) is 0 Å². The third kappa shape index (κ3) is 2.22. The van der Waals surface area contributed by atoms with Gasteiger partial charge in [0.25, 0.3) is 0 Å². The second kappa shape index (κ2) is 4.61. The lowest BCUT2D eigenvalue weighted by Gasteiger charge is -2.00. The topological polar surface area (TPSA) is 76.7 Å². The highest BCUT2D eigenvalue weighted by molar-refractivity contribution is 5.86. The van der Waals surface area contributed by atoms with Gasteiger partial charge in [-0.15, -0.1) is 0 Å². The predicted octanol–water partition coefficient (Wildman–Crippen LogP) is 1.44. The van der Waals surface area contributed by atoms with Crippen molar-refractivity contribution >= 4 is 16.8 Å². The first-order chi connectivity index (χ1) is 9.24. The molecule has 1 amide bonds. The first kappa shape index (κ1) is 11.5. The van der Waals surface area contributed by atoms with Crippen LogP contribution in [0.15, 0.2) is 42.9 Å². The average Bonchev–Trinajstić information content (AvgIpc) is 2.99. The van der Waals surface area contributed by atoms with Gasteiger partial charge in [0.2, 0.25) is 5.91 Å². The van der Waals surface area contributed by atoms with Gasteiger partial charge in [-0.05, 0) is 11.6 Å². The summed E-state index contributed by atoms with van der Waals surface area (Å²) >= 11 is 0. The van der Waals surface area contributed by atoms with E-state index in [2.05, 4.69) is 9.97 Å². The predicted molar refractivity (Wildman–Crippen MR) is 72.5 cm³/mol. The van der Waals surface area contributed by atoms with Crippen LogP contribution < -0.4 is 5.73 Å². The van der Waals surface area contributed by atoms with Crippen LogP contribution in [-0.2, 0) is 17.8 Å². The summed E-state index contributed by atoms with van der Waals surface area (Å²) in [7, 11) is 0. The van der Waals surface area contributed by atoms with Crippen molar-refractivity contribution in [3.63, 3.8) is 0 Å². The SMILES string of the molecule is NC(=O)Cn1cc(Cc2ncc[nH]2)c2ccccc21. The fourth-order valence-electron chi connectivity index (χ4n) is 2.34. The number of H-pyrrole nitrogens is 1. The van der Waals surface area contributed by atoms with Crippen LogP contribution in [0.5, 0.6) is 0 Å². The molecule has 96 valence electrons. The van der Waals surface area contributed by atoms with Crippen molar-refractivity contribution in [1.82, 2.24) is 14.5 Å². The van der Waals surface area contributed by atoms with Gasteiger partial charge < -0.3 is 15.3 Å². The van der Waals surface area contributed by atoms with E-state index in [1.807, 2.05) is 35.0 Å². The Bertz CT molecular complexity index is 712. The summed E-state index contributed by atoms with van der Waals surface area (Å²) in [6.07, 6.45) is 6.22. The third-order valence-corrected chi connectivity index (χ3v) is 3.11. The zero-order valence-corrected chi connectivity index (χ0v) is 10.3. The number of para-hydroxylation sites is 1. The molecule has 2 heterocycles. The fraction of sp³-hybridized carbons (Fsp3) is 0.143. The zero-order chi connectivity index (χ0) is 13.2. The van der Waals surface area contributed by atoms with E-state index in [0.717, 1.165) is 22.3 Å². The Labute approximate surface area is 110 Å². The van der Waals surface area contributed by atoms with Gasteiger partial charge in [0.1, 0.15) is 12.4 Å². The number of imidazole rings is 1. The number of hydrogen-bond acceptors (Lipinski definition) is 2. The van der Waals surface area contributed by atoms with E-state index in [4.69, 9.17) is 5.73 Å². The molecule has 0 bridgehead atoms. The molecule has 0 saturated carbocycles. The fourth-order valence-corrected chi connectivity index (χ4v) is 2.34. The lowest BCUT2D eigenvalue weighted by atomic mass is 10.1. The van der Waals surface area contributed by atoms with Crippen molar-refractivity contribution in [2.75, 3.05) is 0 Å². The Balaban J connectivity index is 2.06. The van der Waals surface area contributed by atoms with E-state index < -0.39 is 0 Å². The van der Waals surface area contributed by atoms with Crippen molar-refractivity contribution in [1.29, 1.82) is 0 Å². The van der Waals surface area contributed by atoms with Gasteiger partial charge in [-0.1, -0.05) is 18.2 Å². The van der Waals surface area contributed by atoms with Crippen LogP contribution in [0.25, 0.3) is 10.9 Å². The molecule has 0 unspecified atom stereocenters. The number of nitrogens with zero attached hydrogens (tertiary/aromatic N) is 2. The molecule has 0 aliphatic rings. The maximum absolute atomic E-state index is 11.1. The van der Waals surface area contributed by atoms with E-state index in [0.29, 0.717) is 6.42 Å². The van der Waals surface area contributed by atoms with E-state index in [1.165, 1.54) is 0 Å². The standard InChI is InChI=1S/C14H14N4O/c15-13(19)9-18-8-10(7-14-16-5-6-17-14)11-3-1-2-4-12(11)18/h1-6,8H,7,9H2,(H2,15,19)(H,16,17). The van der Waals surface area contributed by atoms with Crippen LogP contribution in [0.2, 0.25) is 0 Å². The monoisotopic (exact) mass is 254 g/mol. The van der Waals surface area contributed by atoms with Gasteiger partial charge in [-0.25, -0.2) is 4.98 Å². The van der Waals surface area contributed by atoms with Crippen LogP contribution in [0, 0.1) is 0 Å². The van der Waals surface area contributed by atoms with Crippen LogP contribution >= 0.6 is 0 Å². The third-order valence-electron chi connectivity index (χ3n) is 3.11. The normalized spacial score (nSPS) is 10.9. The van der Waals surface area contributed by atoms with Crippen LogP contribution in [0.3, 0.4) is 0 Å². The summed E-state index contributed by atoms with van der Waals surface area (Å²) in [4.78, 5) is 18.4. The summed E-state index contributed by atoms with van der Waals surface area (Å²) in [6, 6.07) is 7.98. The molecule has 5 heteroatoms. The van der Waals surface area contributed by atoms with Crippen molar-refractivity contribution in [3.8, 4) is 0 Å². The molecule has 19 heavy (non-hydrogen) atoms. The lowest BCUT2D eigenvalue weighted by Crippen LogP contribution is -2.17. The van der Waals surface area contributed by atoms with Gasteiger partial charge in [-0.2, -0.15) is 0 Å². The van der Waals surface area contributed by atoms with Gasteiger partial charge in [0.15, 0.2) is 0 Å². The molecular formula is C14H14N4O. The first-order valence-corrected chi connectivity index (χ1v) is 6.07. The van der Waals surface area contributed by atoms with Crippen LogP contribution in [0.1, 0.15) is 11.4 Å². The molecule has 0 fully saturated rings. The number of primary amides is 1. The highest BCUT2D eigenvalue weighted by atomic mass is 16.1. The highest BCUT2D eigenvalue weighted by Gasteiger charge is 2.10. The number of carbonyl (C=O) groups excluding carboxylic acids is 1. The molecule has 0 atom stereocenters. The molecule has 3 rings (SSSR count). The van der Waals surface area contributed by atoms with Gasteiger partial charge in [0, 0.05) is 35.9 Å². The molecule has 2 aromatic heterocycles. The van der Waals surface area contributed by atoms with Crippen molar-refractivity contribution in [2.45, 2.75) is 13.0 Å². The number of nitrogens with one attached hydrogen (secondary N) is 1. The molecule has 0 radical (unpaired) electrons. The minimum absolute atomic E-state index is 0.193. The number of hydrogen-bond donors (Lipinski definition) is 2. The number of aromatic nitrogens is 3. The van der Waals surface area contributed by atoms with E-state index in [1.54, 1.807) is 12.4 Å². The van der Waals surface area contributed by atoms with Gasteiger partial charge in [-0.3, -0.25) is 4.79 Å². The molecule has 0 aliphatic heterocycles. The quantitative estimate of drug-likeness (QED) is 0.739. The Hall–Kier alpha value is -2.56. The molecular weight excluding hydrogens is 240 g/mol. The minimum atomic E-state index is -0.342. The van der Waals surface area contributed by atoms with E-state index in [9.17, 15) is 4.79 Å². The summed E-state index contributed by atoms with van der Waals surface area (Å²) in [6.45, 7) is 0.193. The van der Waals surface area contributed by atoms with Crippen molar-refractivity contribution in [2.24, 2.45) is 5.73 Å². The summed E-state index contributed by atoms with van der Waals surface area (Å²) in [5, 5.41) is 1.13. The molecule has 0 spiro atoms. The van der Waals surface area contributed by atoms with Crippen molar-refractivity contribution in [3.05, 3.63) is 54.2 Å². The van der Waals surface area contributed by atoms with E-state index >= 15 is 0 Å². The molecule has 5 nitrogen and oxygen atoms in total.